The van der Waals surface area contributed by atoms with Crippen LogP contribution in [0.2, 0.25) is 0 Å². The second-order valence-electron chi connectivity index (χ2n) is 6.43. The smallest absolute Gasteiger partial charge is 0.332 e. The molecule has 2 aromatic rings. The highest BCUT2D eigenvalue weighted by Crippen LogP contribution is 2.26. The molecule has 5 amide bonds. The molecule has 3 rings (SSSR count). The van der Waals surface area contributed by atoms with Crippen LogP contribution in [0.3, 0.4) is 0 Å². The standard InChI is InChI=1S/C20H19FN4O4/c1-12-19(28)24(20(29)25(12)16-9-5-14(21)6-10-16)11-17(26)23-15-7-3-13(4-8-15)18(27)22-2/h3-10,12H,11H2,1-2H3,(H,22,27)(H,23,26). The maximum Gasteiger partial charge on any atom is 0.332 e. The summed E-state index contributed by atoms with van der Waals surface area (Å²) in [6.07, 6.45) is 0. The molecule has 1 aliphatic rings. The van der Waals surface area contributed by atoms with Crippen LogP contribution in [-0.2, 0) is 9.59 Å². The van der Waals surface area contributed by atoms with Gasteiger partial charge in [-0.2, -0.15) is 0 Å². The van der Waals surface area contributed by atoms with E-state index in [1.807, 2.05) is 0 Å². The van der Waals surface area contributed by atoms with Crippen LogP contribution >= 0.6 is 0 Å². The lowest BCUT2D eigenvalue weighted by molar-refractivity contribution is -0.130. The summed E-state index contributed by atoms with van der Waals surface area (Å²) in [6, 6.07) is 9.88. The van der Waals surface area contributed by atoms with E-state index in [0.29, 0.717) is 16.9 Å². The van der Waals surface area contributed by atoms with Gasteiger partial charge >= 0.3 is 6.03 Å². The number of anilines is 2. The second kappa shape index (κ2) is 8.09. The van der Waals surface area contributed by atoms with Crippen molar-refractivity contribution in [3.8, 4) is 0 Å². The lowest BCUT2D eigenvalue weighted by Crippen LogP contribution is -2.39. The van der Waals surface area contributed by atoms with Crippen molar-refractivity contribution in [2.24, 2.45) is 0 Å². The van der Waals surface area contributed by atoms with Gasteiger partial charge in [0.25, 0.3) is 11.8 Å². The van der Waals surface area contributed by atoms with E-state index >= 15 is 0 Å². The molecular weight excluding hydrogens is 379 g/mol. The number of rotatable bonds is 5. The Morgan fingerprint density at radius 1 is 1.03 bits per heavy atom. The molecule has 2 aromatic carbocycles. The number of halogens is 1. The van der Waals surface area contributed by atoms with Crippen molar-refractivity contribution in [1.82, 2.24) is 10.2 Å². The molecule has 1 heterocycles. The minimum absolute atomic E-state index is 0.258. The molecule has 2 N–H and O–H groups in total. The number of nitrogens with zero attached hydrogens (tertiary/aromatic N) is 2. The van der Waals surface area contributed by atoms with Gasteiger partial charge in [0.2, 0.25) is 5.91 Å². The van der Waals surface area contributed by atoms with Crippen LogP contribution < -0.4 is 15.5 Å². The molecule has 150 valence electrons. The molecule has 1 saturated heterocycles. The van der Waals surface area contributed by atoms with Gasteiger partial charge in [-0.3, -0.25) is 24.2 Å². The Balaban J connectivity index is 1.68. The molecule has 0 bridgehead atoms. The molecule has 8 nitrogen and oxygen atoms in total. The van der Waals surface area contributed by atoms with Crippen molar-refractivity contribution >= 4 is 35.1 Å². The van der Waals surface area contributed by atoms with Crippen LogP contribution in [-0.4, -0.2) is 48.3 Å². The Labute approximate surface area is 166 Å². The molecule has 0 aliphatic carbocycles. The first kappa shape index (κ1) is 20.0. The summed E-state index contributed by atoms with van der Waals surface area (Å²) in [5, 5.41) is 5.08. The normalized spacial score (nSPS) is 16.2. The van der Waals surface area contributed by atoms with Crippen LogP contribution in [0, 0.1) is 5.82 Å². The van der Waals surface area contributed by atoms with Crippen molar-refractivity contribution in [1.29, 1.82) is 0 Å². The molecule has 1 atom stereocenters. The van der Waals surface area contributed by atoms with Crippen molar-refractivity contribution in [2.75, 3.05) is 23.8 Å². The summed E-state index contributed by atoms with van der Waals surface area (Å²) in [5.41, 5.74) is 1.22. The van der Waals surface area contributed by atoms with E-state index in [1.54, 1.807) is 31.2 Å². The Kier molecular flexibility index (Phi) is 5.58. The van der Waals surface area contributed by atoms with Gasteiger partial charge in [0.15, 0.2) is 0 Å². The van der Waals surface area contributed by atoms with Gasteiger partial charge in [-0.1, -0.05) is 0 Å². The fourth-order valence-corrected chi connectivity index (χ4v) is 3.00. The van der Waals surface area contributed by atoms with Gasteiger partial charge in [-0.25, -0.2) is 9.18 Å². The lowest BCUT2D eigenvalue weighted by atomic mass is 10.2. The van der Waals surface area contributed by atoms with E-state index in [2.05, 4.69) is 10.6 Å². The summed E-state index contributed by atoms with van der Waals surface area (Å²) < 4.78 is 13.1. The Hall–Kier alpha value is -3.75. The first-order valence-electron chi connectivity index (χ1n) is 8.84. The number of hydrogen-bond acceptors (Lipinski definition) is 4. The summed E-state index contributed by atoms with van der Waals surface area (Å²) in [4.78, 5) is 51.1. The number of amides is 5. The van der Waals surface area contributed by atoms with Crippen molar-refractivity contribution in [3.63, 3.8) is 0 Å². The fraction of sp³-hybridized carbons (Fsp3) is 0.200. The van der Waals surface area contributed by atoms with E-state index < -0.39 is 36.2 Å². The van der Waals surface area contributed by atoms with Gasteiger partial charge < -0.3 is 10.6 Å². The maximum atomic E-state index is 13.1. The van der Waals surface area contributed by atoms with Crippen LogP contribution in [0.4, 0.5) is 20.6 Å². The minimum atomic E-state index is -0.812. The van der Waals surface area contributed by atoms with E-state index in [9.17, 15) is 23.6 Å². The van der Waals surface area contributed by atoms with Crippen molar-refractivity contribution in [2.45, 2.75) is 13.0 Å². The van der Waals surface area contributed by atoms with Crippen LogP contribution in [0.1, 0.15) is 17.3 Å². The quantitative estimate of drug-likeness (QED) is 0.753. The van der Waals surface area contributed by atoms with E-state index in [0.717, 1.165) is 4.90 Å². The zero-order valence-corrected chi connectivity index (χ0v) is 15.8. The fourth-order valence-electron chi connectivity index (χ4n) is 3.00. The number of carbonyl (C=O) groups excluding carboxylic acids is 4. The van der Waals surface area contributed by atoms with Crippen LogP contribution in [0.25, 0.3) is 0 Å². The number of nitrogens with one attached hydrogen (secondary N) is 2. The maximum absolute atomic E-state index is 13.1. The summed E-state index contributed by atoms with van der Waals surface area (Å²) >= 11 is 0. The van der Waals surface area contributed by atoms with Gasteiger partial charge in [0.1, 0.15) is 18.4 Å². The molecular formula is C20H19FN4O4. The van der Waals surface area contributed by atoms with Crippen LogP contribution in [0.15, 0.2) is 48.5 Å². The SMILES string of the molecule is CNC(=O)c1ccc(NC(=O)CN2C(=O)C(C)N(c3ccc(F)cc3)C2=O)cc1. The lowest BCUT2D eigenvalue weighted by Gasteiger charge is -2.19. The molecule has 0 saturated carbocycles. The first-order chi connectivity index (χ1) is 13.8. The minimum Gasteiger partial charge on any atom is -0.355 e. The van der Waals surface area contributed by atoms with Gasteiger partial charge in [0, 0.05) is 24.0 Å². The molecule has 1 unspecified atom stereocenters. The second-order valence-corrected chi connectivity index (χ2v) is 6.43. The third-order valence-corrected chi connectivity index (χ3v) is 4.51. The Morgan fingerprint density at radius 2 is 1.66 bits per heavy atom. The molecule has 1 aliphatic heterocycles. The van der Waals surface area contributed by atoms with Crippen LogP contribution in [0.5, 0.6) is 0 Å². The predicted molar refractivity (Wildman–Crippen MR) is 104 cm³/mol. The van der Waals surface area contributed by atoms with Crippen molar-refractivity contribution < 1.29 is 23.6 Å². The largest absolute Gasteiger partial charge is 0.355 e. The summed E-state index contributed by atoms with van der Waals surface area (Å²) in [7, 11) is 1.51. The number of carbonyl (C=O) groups is 4. The monoisotopic (exact) mass is 398 g/mol. The third kappa shape index (κ3) is 4.08. The number of imide groups is 1. The van der Waals surface area contributed by atoms with Gasteiger partial charge in [0.05, 0.1) is 0 Å². The third-order valence-electron chi connectivity index (χ3n) is 4.51. The van der Waals surface area contributed by atoms with Crippen molar-refractivity contribution in [3.05, 3.63) is 59.9 Å². The van der Waals surface area contributed by atoms with E-state index in [4.69, 9.17) is 0 Å². The molecule has 1 fully saturated rings. The highest BCUT2D eigenvalue weighted by atomic mass is 19.1. The summed E-state index contributed by atoms with van der Waals surface area (Å²) in [5.74, 6) is -1.80. The highest BCUT2D eigenvalue weighted by molar-refractivity contribution is 6.16. The molecule has 0 aromatic heterocycles. The molecule has 29 heavy (non-hydrogen) atoms. The first-order valence-corrected chi connectivity index (χ1v) is 8.84. The average molecular weight is 398 g/mol. The van der Waals surface area contributed by atoms with E-state index in [1.165, 1.54) is 36.2 Å². The number of urea groups is 1. The highest BCUT2D eigenvalue weighted by Gasteiger charge is 2.44. The molecule has 0 radical (unpaired) electrons. The zero-order chi connectivity index (χ0) is 21.1. The molecule has 9 heteroatoms. The van der Waals surface area contributed by atoms with Gasteiger partial charge in [-0.05, 0) is 55.5 Å². The van der Waals surface area contributed by atoms with E-state index in [-0.39, 0.29) is 5.91 Å². The van der Waals surface area contributed by atoms with Gasteiger partial charge in [-0.15, -0.1) is 0 Å². The molecule has 0 spiro atoms. The number of benzene rings is 2. The number of hydrogen-bond donors (Lipinski definition) is 2. The Bertz CT molecular complexity index is 959. The average Bonchev–Trinajstić information content (AvgIpc) is 2.92. The zero-order valence-electron chi connectivity index (χ0n) is 15.8. The Morgan fingerprint density at radius 3 is 2.24 bits per heavy atom. The topological polar surface area (TPSA) is 98.8 Å². The summed E-state index contributed by atoms with van der Waals surface area (Å²) in [6.45, 7) is 1.08. The predicted octanol–water partition coefficient (Wildman–Crippen LogP) is 1.98.